The van der Waals surface area contributed by atoms with Crippen LogP contribution < -0.4 is 14.9 Å². The summed E-state index contributed by atoms with van der Waals surface area (Å²) in [5.74, 6) is 0.327. The van der Waals surface area contributed by atoms with E-state index in [9.17, 15) is 14.9 Å². The summed E-state index contributed by atoms with van der Waals surface area (Å²) in [4.78, 5) is 22.7. The first kappa shape index (κ1) is 22.8. The number of benzene rings is 3. The Morgan fingerprint density at radius 2 is 1.88 bits per heavy atom. The fraction of sp³-hybridized carbons (Fsp3) is 0.130. The van der Waals surface area contributed by atoms with E-state index in [-0.39, 0.29) is 12.1 Å². The van der Waals surface area contributed by atoms with E-state index in [0.29, 0.717) is 34.3 Å². The number of nitro groups is 1. The second kappa shape index (κ2) is 10.9. The summed E-state index contributed by atoms with van der Waals surface area (Å²) in [6, 6.07) is 19.0. The Morgan fingerprint density at radius 3 is 2.59 bits per heavy atom. The zero-order valence-corrected chi connectivity index (χ0v) is 17.9. The summed E-state index contributed by atoms with van der Waals surface area (Å²) in [5, 5.41) is 15.3. The smallest absolute Gasteiger partial charge is 0.273 e. The van der Waals surface area contributed by atoms with Crippen LogP contribution in [0.2, 0.25) is 5.02 Å². The molecule has 0 bridgehead atoms. The summed E-state index contributed by atoms with van der Waals surface area (Å²) in [6.45, 7) is 0.325. The summed E-state index contributed by atoms with van der Waals surface area (Å²) in [5.41, 5.74) is 4.10. The SMILES string of the molecule is COc1cc(/C=N/NC(=O)Cc2ccccc2[N+](=O)[O-])cc(Cl)c1OCc1ccccc1. The fourth-order valence-corrected chi connectivity index (χ4v) is 3.19. The van der Waals surface area contributed by atoms with Crippen LogP contribution in [-0.4, -0.2) is 24.2 Å². The van der Waals surface area contributed by atoms with Gasteiger partial charge in [-0.25, -0.2) is 5.43 Å². The van der Waals surface area contributed by atoms with Gasteiger partial charge in [-0.05, 0) is 23.3 Å². The molecular formula is C23H20ClN3O5. The summed E-state index contributed by atoms with van der Waals surface area (Å²) in [6.07, 6.45) is 1.22. The summed E-state index contributed by atoms with van der Waals surface area (Å²) < 4.78 is 11.2. The Kier molecular flexibility index (Phi) is 7.77. The number of carbonyl (C=O) groups excluding carboxylic acids is 1. The Hall–Kier alpha value is -3.91. The highest BCUT2D eigenvalue weighted by atomic mass is 35.5. The maximum absolute atomic E-state index is 12.1. The van der Waals surface area contributed by atoms with Crippen molar-refractivity contribution in [3.8, 4) is 11.5 Å². The van der Waals surface area contributed by atoms with Gasteiger partial charge in [0.25, 0.3) is 5.69 Å². The average Bonchev–Trinajstić information content (AvgIpc) is 2.79. The van der Waals surface area contributed by atoms with Crippen molar-refractivity contribution in [2.24, 2.45) is 5.10 Å². The largest absolute Gasteiger partial charge is 0.493 e. The molecule has 32 heavy (non-hydrogen) atoms. The van der Waals surface area contributed by atoms with Gasteiger partial charge in [0.1, 0.15) is 6.61 Å². The number of para-hydroxylation sites is 1. The summed E-state index contributed by atoms with van der Waals surface area (Å²) >= 11 is 6.36. The molecule has 3 rings (SSSR count). The lowest BCUT2D eigenvalue weighted by molar-refractivity contribution is -0.385. The number of nitrogens with one attached hydrogen (secondary N) is 1. The van der Waals surface area contributed by atoms with Crippen LogP contribution in [0.5, 0.6) is 11.5 Å². The third kappa shape index (κ3) is 6.05. The first-order valence-electron chi connectivity index (χ1n) is 9.56. The van der Waals surface area contributed by atoms with E-state index in [0.717, 1.165) is 5.56 Å². The van der Waals surface area contributed by atoms with Crippen LogP contribution in [0, 0.1) is 10.1 Å². The van der Waals surface area contributed by atoms with Gasteiger partial charge in [-0.2, -0.15) is 5.10 Å². The van der Waals surface area contributed by atoms with Crippen LogP contribution in [0.15, 0.2) is 71.8 Å². The molecule has 0 atom stereocenters. The van der Waals surface area contributed by atoms with Crippen LogP contribution in [0.25, 0.3) is 0 Å². The predicted molar refractivity (Wildman–Crippen MR) is 121 cm³/mol. The molecule has 0 aromatic heterocycles. The predicted octanol–water partition coefficient (Wildman–Crippen LogP) is 4.53. The maximum atomic E-state index is 12.1. The fourth-order valence-electron chi connectivity index (χ4n) is 2.91. The summed E-state index contributed by atoms with van der Waals surface area (Å²) in [7, 11) is 1.50. The number of hydrogen-bond donors (Lipinski definition) is 1. The number of hydrogen-bond acceptors (Lipinski definition) is 6. The standard InChI is InChI=1S/C23H20ClN3O5/c1-31-21-12-17(11-19(24)23(21)32-15-16-7-3-2-4-8-16)14-25-26-22(28)13-18-9-5-6-10-20(18)27(29)30/h2-12,14H,13,15H2,1H3,(H,26,28)/b25-14+. The van der Waals surface area contributed by atoms with Gasteiger partial charge in [0.05, 0.1) is 29.7 Å². The first-order valence-corrected chi connectivity index (χ1v) is 9.94. The molecule has 3 aromatic rings. The number of halogens is 1. The van der Waals surface area contributed by atoms with Gasteiger partial charge in [0.2, 0.25) is 5.91 Å². The van der Waals surface area contributed by atoms with Crippen LogP contribution in [0.4, 0.5) is 5.69 Å². The zero-order valence-electron chi connectivity index (χ0n) is 17.2. The molecule has 1 amide bonds. The number of nitrogens with zero attached hydrogens (tertiary/aromatic N) is 2. The number of nitro benzene ring substituents is 1. The highest BCUT2D eigenvalue weighted by Crippen LogP contribution is 2.36. The van der Waals surface area contributed by atoms with Gasteiger partial charge in [-0.1, -0.05) is 60.1 Å². The minimum Gasteiger partial charge on any atom is -0.493 e. The molecule has 9 heteroatoms. The van der Waals surface area contributed by atoms with E-state index >= 15 is 0 Å². The Balaban J connectivity index is 1.65. The van der Waals surface area contributed by atoms with Crippen molar-refractivity contribution in [1.82, 2.24) is 5.43 Å². The zero-order chi connectivity index (χ0) is 22.9. The molecule has 164 valence electrons. The third-order valence-corrected chi connectivity index (χ3v) is 4.70. The number of ether oxygens (including phenoxy) is 2. The molecule has 0 heterocycles. The Morgan fingerprint density at radius 1 is 1.16 bits per heavy atom. The van der Waals surface area contributed by atoms with Crippen LogP contribution in [0.1, 0.15) is 16.7 Å². The molecule has 0 saturated carbocycles. The molecule has 0 aliphatic rings. The molecule has 0 unspecified atom stereocenters. The van der Waals surface area contributed by atoms with Gasteiger partial charge in [-0.15, -0.1) is 0 Å². The van der Waals surface area contributed by atoms with Crippen molar-refractivity contribution >= 4 is 29.4 Å². The van der Waals surface area contributed by atoms with Crippen molar-refractivity contribution in [3.05, 3.63) is 98.6 Å². The minimum atomic E-state index is -0.526. The van der Waals surface area contributed by atoms with Crippen LogP contribution in [0.3, 0.4) is 0 Å². The Bertz CT molecular complexity index is 1140. The molecule has 0 aliphatic heterocycles. The number of amides is 1. The van der Waals surface area contributed by atoms with Crippen LogP contribution in [-0.2, 0) is 17.8 Å². The highest BCUT2D eigenvalue weighted by molar-refractivity contribution is 6.32. The monoisotopic (exact) mass is 453 g/mol. The number of rotatable bonds is 9. The van der Waals surface area contributed by atoms with Crippen molar-refractivity contribution in [3.63, 3.8) is 0 Å². The molecular weight excluding hydrogens is 434 g/mol. The highest BCUT2D eigenvalue weighted by Gasteiger charge is 2.15. The van der Waals surface area contributed by atoms with Crippen molar-refractivity contribution < 1.29 is 19.2 Å². The Labute approximate surface area is 189 Å². The molecule has 1 N–H and O–H groups in total. The molecule has 0 radical (unpaired) electrons. The van der Waals surface area contributed by atoms with Gasteiger partial charge in [0.15, 0.2) is 11.5 Å². The van der Waals surface area contributed by atoms with Gasteiger partial charge >= 0.3 is 0 Å². The van der Waals surface area contributed by atoms with E-state index in [1.54, 1.807) is 24.3 Å². The van der Waals surface area contributed by atoms with E-state index in [1.807, 2.05) is 30.3 Å². The second-order valence-electron chi connectivity index (χ2n) is 6.66. The van der Waals surface area contributed by atoms with Crippen molar-refractivity contribution in [2.75, 3.05) is 7.11 Å². The lowest BCUT2D eigenvalue weighted by atomic mass is 10.1. The van der Waals surface area contributed by atoms with E-state index in [2.05, 4.69) is 10.5 Å². The molecule has 0 aliphatic carbocycles. The van der Waals surface area contributed by atoms with E-state index in [4.69, 9.17) is 21.1 Å². The number of hydrazone groups is 1. The average molecular weight is 454 g/mol. The topological polar surface area (TPSA) is 103 Å². The third-order valence-electron chi connectivity index (χ3n) is 4.42. The van der Waals surface area contributed by atoms with Crippen molar-refractivity contribution in [2.45, 2.75) is 13.0 Å². The second-order valence-corrected chi connectivity index (χ2v) is 7.07. The van der Waals surface area contributed by atoms with Gasteiger partial charge in [-0.3, -0.25) is 14.9 Å². The molecule has 3 aromatic carbocycles. The molecule has 0 spiro atoms. The minimum absolute atomic E-state index is 0.116. The quantitative estimate of drug-likeness (QED) is 0.291. The molecule has 0 fully saturated rings. The van der Waals surface area contributed by atoms with Crippen LogP contribution >= 0.6 is 11.6 Å². The van der Waals surface area contributed by atoms with E-state index in [1.165, 1.54) is 25.5 Å². The van der Waals surface area contributed by atoms with Crippen molar-refractivity contribution in [1.29, 1.82) is 0 Å². The molecule has 0 saturated heterocycles. The maximum Gasteiger partial charge on any atom is 0.273 e. The van der Waals surface area contributed by atoms with E-state index < -0.39 is 10.8 Å². The lowest BCUT2D eigenvalue weighted by Gasteiger charge is -2.13. The van der Waals surface area contributed by atoms with Gasteiger partial charge < -0.3 is 9.47 Å². The van der Waals surface area contributed by atoms with Gasteiger partial charge in [0, 0.05) is 11.6 Å². The number of carbonyl (C=O) groups is 1. The normalized spacial score (nSPS) is 10.7. The lowest BCUT2D eigenvalue weighted by Crippen LogP contribution is -2.20. The molecule has 8 nitrogen and oxygen atoms in total. The number of methoxy groups -OCH3 is 1. The first-order chi connectivity index (χ1) is 15.5.